The molecule has 0 heterocycles. The van der Waals surface area contributed by atoms with Crippen LogP contribution in [-0.4, -0.2) is 12.2 Å². The van der Waals surface area contributed by atoms with Crippen LogP contribution in [0.4, 0.5) is 0 Å². The highest BCUT2D eigenvalue weighted by Crippen LogP contribution is 1.99. The lowest BCUT2D eigenvalue weighted by atomic mass is 10.1. The molecule has 0 aromatic heterocycles. The Morgan fingerprint density at radius 3 is 2.77 bits per heavy atom. The van der Waals surface area contributed by atoms with E-state index >= 15 is 0 Å². The van der Waals surface area contributed by atoms with Gasteiger partial charge in [-0.05, 0) is 18.4 Å². The predicted octanol–water partition coefficient (Wildman–Crippen LogP) is 1.66. The fourth-order valence-corrected chi connectivity index (χ4v) is 0.769. The lowest BCUT2D eigenvalue weighted by Gasteiger charge is -1.96. The third-order valence-corrected chi connectivity index (χ3v) is 1.45. The lowest BCUT2D eigenvalue weighted by molar-refractivity contribution is -0.106. The molecule has 0 aliphatic heterocycles. The maximum atomic E-state index is 9.92. The van der Waals surface area contributed by atoms with E-state index in [1.54, 1.807) is 6.08 Å². The largest absolute Gasteiger partial charge is 0.384 e. The van der Waals surface area contributed by atoms with Gasteiger partial charge < -0.3 is 5.73 Å². The summed E-state index contributed by atoms with van der Waals surface area (Å²) in [5.41, 5.74) is 5.37. The van der Waals surface area contributed by atoms with Crippen molar-refractivity contribution >= 4 is 12.2 Å². The highest BCUT2D eigenvalue weighted by molar-refractivity contribution is 5.95. The Balaban J connectivity index is 4.03. The number of amidine groups is 1. The van der Waals surface area contributed by atoms with Crippen molar-refractivity contribution in [2.75, 3.05) is 0 Å². The molecule has 0 spiro atoms. The molecule has 0 bridgehead atoms. The van der Waals surface area contributed by atoms with Crippen molar-refractivity contribution in [3.63, 3.8) is 0 Å². The average molecular weight is 180 g/mol. The van der Waals surface area contributed by atoms with Crippen LogP contribution in [0.1, 0.15) is 20.3 Å². The van der Waals surface area contributed by atoms with E-state index in [9.17, 15) is 4.79 Å². The molecule has 1 atom stereocenters. The predicted molar refractivity (Wildman–Crippen MR) is 55.4 cm³/mol. The van der Waals surface area contributed by atoms with Crippen molar-refractivity contribution in [3.8, 4) is 0 Å². The molecule has 0 radical (unpaired) electrons. The average Bonchev–Trinajstić information content (AvgIpc) is 2.12. The second kappa shape index (κ2) is 7.28. The molecule has 0 saturated heterocycles. The Labute approximate surface area is 79.0 Å². The molecule has 1 amide bonds. The minimum Gasteiger partial charge on any atom is -0.384 e. The molecule has 13 heavy (non-hydrogen) atoms. The Morgan fingerprint density at radius 1 is 1.54 bits per heavy atom. The van der Waals surface area contributed by atoms with Gasteiger partial charge in [0.25, 0.3) is 0 Å². The van der Waals surface area contributed by atoms with Crippen molar-refractivity contribution in [1.82, 2.24) is 0 Å². The normalized spacial score (nSPS) is 15.4. The lowest BCUT2D eigenvalue weighted by Crippen LogP contribution is -2.07. The third kappa shape index (κ3) is 7.00. The van der Waals surface area contributed by atoms with Gasteiger partial charge in [0.2, 0.25) is 6.41 Å². The summed E-state index contributed by atoms with van der Waals surface area (Å²) in [6.45, 7) is 4.12. The van der Waals surface area contributed by atoms with Gasteiger partial charge in [0.15, 0.2) is 0 Å². The zero-order valence-corrected chi connectivity index (χ0v) is 8.10. The van der Waals surface area contributed by atoms with Crippen LogP contribution >= 0.6 is 0 Å². The summed E-state index contributed by atoms with van der Waals surface area (Å²) in [6.07, 6.45) is 9.16. The van der Waals surface area contributed by atoms with Gasteiger partial charge in [-0.15, -0.1) is 0 Å². The molecule has 3 nitrogen and oxygen atoms in total. The Kier molecular flexibility index (Phi) is 6.51. The second-order valence-corrected chi connectivity index (χ2v) is 2.71. The number of carbonyl (C=O) groups excluding carboxylic acids is 1. The Bertz CT molecular complexity index is 229. The van der Waals surface area contributed by atoms with Gasteiger partial charge in [0.1, 0.15) is 5.84 Å². The van der Waals surface area contributed by atoms with Gasteiger partial charge in [0, 0.05) is 0 Å². The monoisotopic (exact) mass is 180 g/mol. The molecule has 0 fully saturated rings. The van der Waals surface area contributed by atoms with E-state index < -0.39 is 0 Å². The van der Waals surface area contributed by atoms with Crippen LogP contribution in [-0.2, 0) is 4.79 Å². The van der Waals surface area contributed by atoms with Gasteiger partial charge in [-0.1, -0.05) is 32.1 Å². The van der Waals surface area contributed by atoms with E-state index in [1.165, 1.54) is 0 Å². The molecule has 1 unspecified atom stereocenters. The number of hydrogen-bond acceptors (Lipinski definition) is 1. The summed E-state index contributed by atoms with van der Waals surface area (Å²) in [5, 5.41) is 0. The number of rotatable bonds is 5. The first-order valence-electron chi connectivity index (χ1n) is 4.32. The maximum Gasteiger partial charge on any atom is 0.234 e. The number of allylic oxidation sites excluding steroid dienone is 3. The van der Waals surface area contributed by atoms with E-state index in [0.29, 0.717) is 12.3 Å². The van der Waals surface area contributed by atoms with Gasteiger partial charge in [-0.3, -0.25) is 4.79 Å². The van der Waals surface area contributed by atoms with E-state index in [4.69, 9.17) is 5.73 Å². The minimum absolute atomic E-state index is 0.242. The standard InChI is InChI=1S/C10H16N2O/c1-3-4-5-9(2)6-7-10(11)12-8-13/h4-9H,3H2,1-2H3,(H2,11,12,13)/b5-4-,7-6-. The van der Waals surface area contributed by atoms with Crippen LogP contribution in [0.5, 0.6) is 0 Å². The molecule has 2 N–H and O–H groups in total. The van der Waals surface area contributed by atoms with E-state index in [2.05, 4.69) is 24.1 Å². The summed E-state index contributed by atoms with van der Waals surface area (Å²) >= 11 is 0. The molecule has 0 saturated carbocycles. The minimum atomic E-state index is 0.242. The zero-order valence-electron chi connectivity index (χ0n) is 8.10. The Hall–Kier alpha value is -1.38. The van der Waals surface area contributed by atoms with Crippen molar-refractivity contribution in [2.24, 2.45) is 16.6 Å². The molecule has 0 aliphatic rings. The topological polar surface area (TPSA) is 55.4 Å². The highest BCUT2D eigenvalue weighted by Gasteiger charge is 1.89. The van der Waals surface area contributed by atoms with Crippen molar-refractivity contribution in [2.45, 2.75) is 20.3 Å². The van der Waals surface area contributed by atoms with Crippen LogP contribution in [0.15, 0.2) is 29.3 Å². The molecule has 0 rings (SSSR count). The molecule has 3 heteroatoms. The van der Waals surface area contributed by atoms with E-state index in [1.807, 2.05) is 13.0 Å². The van der Waals surface area contributed by atoms with Crippen molar-refractivity contribution in [1.29, 1.82) is 0 Å². The second-order valence-electron chi connectivity index (χ2n) is 2.71. The zero-order chi connectivity index (χ0) is 10.1. The number of nitrogens with zero attached hydrogens (tertiary/aromatic N) is 1. The quantitative estimate of drug-likeness (QED) is 0.303. The fraction of sp³-hybridized carbons (Fsp3) is 0.400. The summed E-state index contributed by atoms with van der Waals surface area (Å²) in [6, 6.07) is 0. The SMILES string of the molecule is CC/C=C\C(C)/C=C\C(N)=NC=O. The van der Waals surface area contributed by atoms with Crippen LogP contribution in [0.3, 0.4) is 0 Å². The van der Waals surface area contributed by atoms with Crippen LogP contribution in [0, 0.1) is 5.92 Å². The first-order valence-corrected chi connectivity index (χ1v) is 4.32. The van der Waals surface area contributed by atoms with Crippen LogP contribution < -0.4 is 5.73 Å². The molecular formula is C10H16N2O. The van der Waals surface area contributed by atoms with Crippen molar-refractivity contribution in [3.05, 3.63) is 24.3 Å². The number of nitrogens with two attached hydrogens (primary N) is 1. The number of amides is 1. The first-order chi connectivity index (χ1) is 6.20. The summed E-state index contributed by atoms with van der Waals surface area (Å²) in [5.74, 6) is 0.562. The molecule has 0 aliphatic carbocycles. The summed E-state index contributed by atoms with van der Waals surface area (Å²) < 4.78 is 0. The maximum absolute atomic E-state index is 9.92. The first kappa shape index (κ1) is 11.6. The van der Waals surface area contributed by atoms with E-state index in [-0.39, 0.29) is 5.84 Å². The molecule has 0 aromatic carbocycles. The smallest absolute Gasteiger partial charge is 0.234 e. The molecule has 72 valence electrons. The van der Waals surface area contributed by atoms with E-state index in [0.717, 1.165) is 6.42 Å². The Morgan fingerprint density at radius 2 is 2.23 bits per heavy atom. The number of hydrogen-bond donors (Lipinski definition) is 1. The van der Waals surface area contributed by atoms with Crippen LogP contribution in [0.25, 0.3) is 0 Å². The van der Waals surface area contributed by atoms with Crippen LogP contribution in [0.2, 0.25) is 0 Å². The van der Waals surface area contributed by atoms with Gasteiger partial charge in [-0.2, -0.15) is 4.99 Å². The highest BCUT2D eigenvalue weighted by atomic mass is 16.1. The summed E-state index contributed by atoms with van der Waals surface area (Å²) in [7, 11) is 0. The van der Waals surface area contributed by atoms with Gasteiger partial charge in [0.05, 0.1) is 0 Å². The van der Waals surface area contributed by atoms with Gasteiger partial charge >= 0.3 is 0 Å². The summed E-state index contributed by atoms with van der Waals surface area (Å²) in [4.78, 5) is 13.3. The van der Waals surface area contributed by atoms with Crippen molar-refractivity contribution < 1.29 is 4.79 Å². The van der Waals surface area contributed by atoms with Gasteiger partial charge in [-0.25, -0.2) is 0 Å². The number of carbonyl (C=O) groups is 1. The molecule has 0 aromatic rings. The molecular weight excluding hydrogens is 164 g/mol. The number of aliphatic imine (C=N–C) groups is 1. The third-order valence-electron chi connectivity index (χ3n) is 1.45. The fourth-order valence-electron chi connectivity index (χ4n) is 0.769.